The first-order chi connectivity index (χ1) is 12.4. The first kappa shape index (κ1) is 19.4. The number of anilines is 2. The van der Waals surface area contributed by atoms with Crippen molar-refractivity contribution >= 4 is 21.5 Å². The maximum atomic E-state index is 11.5. The van der Waals surface area contributed by atoms with E-state index in [4.69, 9.17) is 4.74 Å². The van der Waals surface area contributed by atoms with Crippen molar-refractivity contribution in [1.29, 1.82) is 0 Å². The molecule has 3 rings (SSSR count). The number of hydrogen-bond acceptors (Lipinski definition) is 7. The molecule has 1 aromatic rings. The van der Waals surface area contributed by atoms with Crippen LogP contribution in [0, 0.1) is 11.8 Å². The zero-order valence-corrected chi connectivity index (χ0v) is 16.5. The minimum absolute atomic E-state index is 0.194. The molecule has 2 aliphatic heterocycles. The topological polar surface area (TPSA) is 93.2 Å². The average Bonchev–Trinajstić information content (AvgIpc) is 2.61. The maximum absolute atomic E-state index is 11.5. The highest BCUT2D eigenvalue weighted by Crippen LogP contribution is 2.24. The summed E-state index contributed by atoms with van der Waals surface area (Å²) in [4.78, 5) is 8.63. The molecule has 2 atom stereocenters. The lowest BCUT2D eigenvalue weighted by Gasteiger charge is -2.35. The van der Waals surface area contributed by atoms with E-state index in [-0.39, 0.29) is 12.1 Å². The highest BCUT2D eigenvalue weighted by Gasteiger charge is 2.29. The molecule has 0 amide bonds. The summed E-state index contributed by atoms with van der Waals surface area (Å²) < 4.78 is 29.0. The quantitative estimate of drug-likeness (QED) is 0.780. The molecule has 2 saturated heterocycles. The van der Waals surface area contributed by atoms with Crippen molar-refractivity contribution in [3.05, 3.63) is 12.4 Å². The zero-order valence-electron chi connectivity index (χ0n) is 15.6. The molecule has 1 aromatic heterocycles. The van der Waals surface area contributed by atoms with Crippen LogP contribution in [0.3, 0.4) is 0 Å². The summed E-state index contributed by atoms with van der Waals surface area (Å²) in [6.07, 6.45) is 5.33. The Morgan fingerprint density at radius 3 is 2.65 bits per heavy atom. The van der Waals surface area contributed by atoms with Gasteiger partial charge in [-0.3, -0.25) is 0 Å². The van der Waals surface area contributed by atoms with Crippen molar-refractivity contribution in [1.82, 2.24) is 9.97 Å². The van der Waals surface area contributed by atoms with Crippen molar-refractivity contribution in [3.63, 3.8) is 0 Å². The Hall–Kier alpha value is -1.41. The van der Waals surface area contributed by atoms with Gasteiger partial charge in [0.15, 0.2) is 0 Å². The SMILES string of the molecule is CC(C)C1OCCCC1Nc1cc(NCC2CCS(=O)(=O)CC2)ncn1. The van der Waals surface area contributed by atoms with Crippen molar-refractivity contribution in [2.24, 2.45) is 11.8 Å². The first-order valence-corrected chi connectivity index (χ1v) is 11.4. The van der Waals surface area contributed by atoms with Gasteiger partial charge in [0, 0.05) is 19.2 Å². The largest absolute Gasteiger partial charge is 0.376 e. The second-order valence-corrected chi connectivity index (χ2v) is 10.0. The number of rotatable bonds is 6. The van der Waals surface area contributed by atoms with E-state index in [0.29, 0.717) is 23.3 Å². The molecule has 7 nitrogen and oxygen atoms in total. The second kappa shape index (κ2) is 8.52. The van der Waals surface area contributed by atoms with Crippen molar-refractivity contribution in [2.75, 3.05) is 35.3 Å². The molecule has 2 N–H and O–H groups in total. The van der Waals surface area contributed by atoms with Gasteiger partial charge >= 0.3 is 0 Å². The van der Waals surface area contributed by atoms with E-state index in [0.717, 1.165) is 50.5 Å². The van der Waals surface area contributed by atoms with Crippen LogP contribution in [0.1, 0.15) is 39.5 Å². The van der Waals surface area contributed by atoms with Crippen molar-refractivity contribution < 1.29 is 13.2 Å². The molecule has 0 aliphatic carbocycles. The predicted molar refractivity (Wildman–Crippen MR) is 103 cm³/mol. The Labute approximate surface area is 156 Å². The predicted octanol–water partition coefficient (Wildman–Crippen LogP) is 2.33. The van der Waals surface area contributed by atoms with Crippen LogP contribution in [-0.4, -0.2) is 55.2 Å². The number of nitrogens with zero attached hydrogens (tertiary/aromatic N) is 2. The highest BCUT2D eigenvalue weighted by molar-refractivity contribution is 7.91. The normalized spacial score (nSPS) is 26.6. The first-order valence-electron chi connectivity index (χ1n) is 9.57. The smallest absolute Gasteiger partial charge is 0.150 e. The van der Waals surface area contributed by atoms with Crippen LogP contribution in [0.2, 0.25) is 0 Å². The van der Waals surface area contributed by atoms with Crippen LogP contribution < -0.4 is 10.6 Å². The zero-order chi connectivity index (χ0) is 18.6. The summed E-state index contributed by atoms with van der Waals surface area (Å²) in [6.45, 7) is 5.94. The maximum Gasteiger partial charge on any atom is 0.150 e. The molecular formula is C18H30N4O3S. The lowest BCUT2D eigenvalue weighted by atomic mass is 9.94. The lowest BCUT2D eigenvalue weighted by Crippen LogP contribution is -2.43. The van der Waals surface area contributed by atoms with E-state index >= 15 is 0 Å². The molecular weight excluding hydrogens is 352 g/mol. The third kappa shape index (κ3) is 5.30. The van der Waals surface area contributed by atoms with E-state index in [9.17, 15) is 8.42 Å². The molecule has 146 valence electrons. The van der Waals surface area contributed by atoms with Gasteiger partial charge in [-0.1, -0.05) is 13.8 Å². The average molecular weight is 383 g/mol. The molecule has 8 heteroatoms. The third-order valence-corrected chi connectivity index (χ3v) is 6.99. The standard InChI is InChI=1S/C18H30N4O3S/c1-13(2)18-15(4-3-7-25-18)22-17-10-16(20-12-21-17)19-11-14-5-8-26(23,24)9-6-14/h10,12-15,18H,3-9,11H2,1-2H3,(H2,19,20,21,22). The lowest BCUT2D eigenvalue weighted by molar-refractivity contribution is -0.0203. The highest BCUT2D eigenvalue weighted by atomic mass is 32.2. The van der Waals surface area contributed by atoms with Crippen molar-refractivity contribution in [3.8, 4) is 0 Å². The van der Waals surface area contributed by atoms with Gasteiger partial charge in [-0.2, -0.15) is 0 Å². The van der Waals surface area contributed by atoms with E-state index in [1.54, 1.807) is 6.33 Å². The van der Waals surface area contributed by atoms with Crippen LogP contribution in [0.15, 0.2) is 12.4 Å². The molecule has 0 saturated carbocycles. The fraction of sp³-hybridized carbons (Fsp3) is 0.778. The van der Waals surface area contributed by atoms with Gasteiger partial charge in [-0.05, 0) is 37.5 Å². The Morgan fingerprint density at radius 1 is 1.19 bits per heavy atom. The number of hydrogen-bond donors (Lipinski definition) is 2. The Morgan fingerprint density at radius 2 is 1.92 bits per heavy atom. The molecule has 2 fully saturated rings. The van der Waals surface area contributed by atoms with Gasteiger partial charge in [0.25, 0.3) is 0 Å². The fourth-order valence-electron chi connectivity index (χ4n) is 3.73. The Bertz CT molecular complexity index is 681. The van der Waals surface area contributed by atoms with E-state index in [1.165, 1.54) is 0 Å². The fourth-order valence-corrected chi connectivity index (χ4v) is 5.32. The monoisotopic (exact) mass is 382 g/mol. The summed E-state index contributed by atoms with van der Waals surface area (Å²) in [5.74, 6) is 3.00. The Balaban J connectivity index is 1.54. The summed E-state index contributed by atoms with van der Waals surface area (Å²) in [5.41, 5.74) is 0. The van der Waals surface area contributed by atoms with E-state index < -0.39 is 9.84 Å². The van der Waals surface area contributed by atoms with Gasteiger partial charge < -0.3 is 15.4 Å². The van der Waals surface area contributed by atoms with E-state index in [2.05, 4.69) is 34.4 Å². The van der Waals surface area contributed by atoms with Crippen LogP contribution in [0.25, 0.3) is 0 Å². The summed E-state index contributed by atoms with van der Waals surface area (Å²) in [7, 11) is -2.81. The number of nitrogens with one attached hydrogen (secondary N) is 2. The van der Waals surface area contributed by atoms with Gasteiger partial charge in [0.1, 0.15) is 27.8 Å². The van der Waals surface area contributed by atoms with E-state index in [1.807, 2.05) is 6.07 Å². The minimum Gasteiger partial charge on any atom is -0.376 e. The van der Waals surface area contributed by atoms with Crippen LogP contribution >= 0.6 is 0 Å². The van der Waals surface area contributed by atoms with Gasteiger partial charge in [-0.25, -0.2) is 18.4 Å². The molecule has 0 radical (unpaired) electrons. The third-order valence-electron chi connectivity index (χ3n) is 5.27. The van der Waals surface area contributed by atoms with Crippen molar-refractivity contribution in [2.45, 2.75) is 51.7 Å². The summed E-state index contributed by atoms with van der Waals surface area (Å²) >= 11 is 0. The molecule has 2 aliphatic rings. The van der Waals surface area contributed by atoms with Crippen LogP contribution in [-0.2, 0) is 14.6 Å². The number of ether oxygens (including phenoxy) is 1. The molecule has 0 aromatic carbocycles. The van der Waals surface area contributed by atoms with Gasteiger partial charge in [0.05, 0.1) is 23.7 Å². The van der Waals surface area contributed by atoms with Crippen LogP contribution in [0.4, 0.5) is 11.6 Å². The molecule has 3 heterocycles. The van der Waals surface area contributed by atoms with Gasteiger partial charge in [-0.15, -0.1) is 0 Å². The Kier molecular flexibility index (Phi) is 6.34. The summed E-state index contributed by atoms with van der Waals surface area (Å²) in [6, 6.07) is 2.18. The second-order valence-electron chi connectivity index (χ2n) is 7.74. The summed E-state index contributed by atoms with van der Waals surface area (Å²) in [5, 5.41) is 6.84. The minimum atomic E-state index is -2.81. The molecule has 26 heavy (non-hydrogen) atoms. The number of aromatic nitrogens is 2. The van der Waals surface area contributed by atoms with Crippen LogP contribution in [0.5, 0.6) is 0 Å². The molecule has 0 bridgehead atoms. The molecule has 0 spiro atoms. The molecule has 2 unspecified atom stereocenters. The van der Waals surface area contributed by atoms with Gasteiger partial charge in [0.2, 0.25) is 0 Å². The number of sulfone groups is 1.